The Labute approximate surface area is 144 Å². The zero-order chi connectivity index (χ0) is 17.0. The monoisotopic (exact) mass is 318 g/mol. The number of hydrogen-bond donors (Lipinski definition) is 2. The third kappa shape index (κ3) is 6.31. The minimum atomic E-state index is -0.716. The maximum Gasteiger partial charge on any atom is 0.140 e. The van der Waals surface area contributed by atoms with Gasteiger partial charge in [0.1, 0.15) is 12.2 Å². The molecule has 2 heteroatoms. The molecule has 2 aromatic rings. The molecule has 0 saturated carbocycles. The molecule has 122 valence electrons. The van der Waals surface area contributed by atoms with Crippen LogP contribution in [0.1, 0.15) is 49.0 Å². The van der Waals surface area contributed by atoms with Crippen molar-refractivity contribution in [1.82, 2.24) is 0 Å². The second-order valence-corrected chi connectivity index (χ2v) is 5.48. The van der Waals surface area contributed by atoms with Gasteiger partial charge in [-0.3, -0.25) is 0 Å². The highest BCUT2D eigenvalue weighted by Crippen LogP contribution is 2.11. The predicted molar refractivity (Wildman–Crippen MR) is 96.8 cm³/mol. The van der Waals surface area contributed by atoms with E-state index in [4.69, 9.17) is 0 Å². The van der Waals surface area contributed by atoms with E-state index in [1.165, 1.54) is 0 Å². The fourth-order valence-corrected chi connectivity index (χ4v) is 2.20. The molecule has 0 bridgehead atoms. The molecule has 0 aliphatic heterocycles. The van der Waals surface area contributed by atoms with Crippen LogP contribution in [0.2, 0.25) is 0 Å². The molecule has 2 atom stereocenters. The number of rotatable bonds is 5. The third-order valence-corrected chi connectivity index (χ3v) is 3.56. The number of benzene rings is 2. The maximum atomic E-state index is 9.91. The third-order valence-electron chi connectivity index (χ3n) is 3.56. The lowest BCUT2D eigenvalue weighted by Gasteiger charge is -2.02. The Kier molecular flexibility index (Phi) is 7.64. The molecule has 0 aliphatic carbocycles. The van der Waals surface area contributed by atoms with Crippen LogP contribution in [0.3, 0.4) is 0 Å². The van der Waals surface area contributed by atoms with Crippen molar-refractivity contribution in [3.63, 3.8) is 0 Å². The molecule has 0 aliphatic rings. The van der Waals surface area contributed by atoms with E-state index in [9.17, 15) is 10.2 Å². The Hall–Kier alpha value is -2.52. The number of aliphatic hydroxyl groups excluding tert-OH is 2. The fourth-order valence-electron chi connectivity index (χ4n) is 2.20. The lowest BCUT2D eigenvalue weighted by Crippen LogP contribution is -1.92. The van der Waals surface area contributed by atoms with Crippen molar-refractivity contribution in [2.24, 2.45) is 0 Å². The van der Waals surface area contributed by atoms with Crippen molar-refractivity contribution < 1.29 is 10.2 Å². The summed E-state index contributed by atoms with van der Waals surface area (Å²) in [5.41, 5.74) is 1.65. The van der Waals surface area contributed by atoms with Crippen LogP contribution in [-0.4, -0.2) is 10.2 Å². The molecule has 2 aromatic carbocycles. The maximum absolute atomic E-state index is 9.91. The molecule has 24 heavy (non-hydrogen) atoms. The first-order valence-corrected chi connectivity index (χ1v) is 8.20. The summed E-state index contributed by atoms with van der Waals surface area (Å²) in [6.45, 7) is 0. The smallest absolute Gasteiger partial charge is 0.140 e. The normalized spacial score (nSPS) is 12.2. The number of aliphatic hydroxyl groups is 2. The topological polar surface area (TPSA) is 40.5 Å². The first-order valence-electron chi connectivity index (χ1n) is 8.20. The summed E-state index contributed by atoms with van der Waals surface area (Å²) < 4.78 is 0. The molecule has 0 spiro atoms. The minimum Gasteiger partial charge on any atom is -0.376 e. The second-order valence-electron chi connectivity index (χ2n) is 5.48. The van der Waals surface area contributed by atoms with Gasteiger partial charge in [-0.2, -0.15) is 0 Å². The number of unbranched alkanes of at least 4 members (excludes halogenated alkanes) is 3. The van der Waals surface area contributed by atoms with Crippen molar-refractivity contribution >= 4 is 0 Å². The van der Waals surface area contributed by atoms with Crippen molar-refractivity contribution in [3.05, 3.63) is 71.8 Å². The minimum absolute atomic E-state index is 0.716. The van der Waals surface area contributed by atoms with Crippen LogP contribution in [0.4, 0.5) is 0 Å². The Morgan fingerprint density at radius 1 is 0.625 bits per heavy atom. The van der Waals surface area contributed by atoms with Crippen molar-refractivity contribution in [3.8, 4) is 23.7 Å². The summed E-state index contributed by atoms with van der Waals surface area (Å²) in [5.74, 6) is 11.7. The van der Waals surface area contributed by atoms with Crippen LogP contribution in [0, 0.1) is 23.7 Å². The lowest BCUT2D eigenvalue weighted by molar-refractivity contribution is 0.238. The van der Waals surface area contributed by atoms with Crippen LogP contribution >= 0.6 is 0 Å². The van der Waals surface area contributed by atoms with Gasteiger partial charge in [0.15, 0.2) is 0 Å². The molecule has 0 heterocycles. The highest BCUT2D eigenvalue weighted by atomic mass is 16.3. The van der Waals surface area contributed by atoms with Gasteiger partial charge in [0.05, 0.1) is 0 Å². The summed E-state index contributed by atoms with van der Waals surface area (Å²) in [7, 11) is 0. The molecule has 2 rings (SSSR count). The average Bonchev–Trinajstić information content (AvgIpc) is 2.65. The van der Waals surface area contributed by atoms with Gasteiger partial charge in [0.2, 0.25) is 0 Å². The second kappa shape index (κ2) is 10.3. The SMILES string of the molecule is OC(C#CCCCCC#CC(O)c1ccccc1)c1ccccc1. The Morgan fingerprint density at radius 3 is 1.38 bits per heavy atom. The van der Waals surface area contributed by atoms with Crippen LogP contribution in [0.25, 0.3) is 0 Å². The summed E-state index contributed by atoms with van der Waals surface area (Å²) >= 11 is 0. The van der Waals surface area contributed by atoms with Crippen LogP contribution in [0.5, 0.6) is 0 Å². The fraction of sp³-hybridized carbons (Fsp3) is 0.273. The summed E-state index contributed by atoms with van der Waals surface area (Å²) in [6.07, 6.45) is 1.92. The number of hydrogen-bond acceptors (Lipinski definition) is 2. The molecule has 2 nitrogen and oxygen atoms in total. The highest BCUT2D eigenvalue weighted by Gasteiger charge is 2.01. The standard InChI is InChI=1S/C22H22O2/c23-21(19-13-7-5-8-14-19)17-11-3-1-2-4-12-18-22(24)20-15-9-6-10-16-20/h5-10,13-16,21-24H,1-4H2. The van der Waals surface area contributed by atoms with Gasteiger partial charge in [-0.1, -0.05) is 72.5 Å². The molecule has 0 amide bonds. The van der Waals surface area contributed by atoms with E-state index in [0.29, 0.717) is 0 Å². The van der Waals surface area contributed by atoms with Crippen molar-refractivity contribution in [1.29, 1.82) is 0 Å². The van der Waals surface area contributed by atoms with Crippen molar-refractivity contribution in [2.75, 3.05) is 0 Å². The van der Waals surface area contributed by atoms with E-state index in [-0.39, 0.29) is 0 Å². The van der Waals surface area contributed by atoms with Crippen molar-refractivity contribution in [2.45, 2.75) is 37.9 Å². The van der Waals surface area contributed by atoms with Gasteiger partial charge >= 0.3 is 0 Å². The van der Waals surface area contributed by atoms with E-state index in [1.54, 1.807) is 0 Å². The summed E-state index contributed by atoms with van der Waals surface area (Å²) in [4.78, 5) is 0. The first-order chi connectivity index (χ1) is 11.8. The van der Waals surface area contributed by atoms with E-state index >= 15 is 0 Å². The van der Waals surface area contributed by atoms with Gasteiger partial charge in [-0.25, -0.2) is 0 Å². The molecule has 0 radical (unpaired) electrons. The predicted octanol–water partition coefficient (Wildman–Crippen LogP) is 4.02. The largest absolute Gasteiger partial charge is 0.376 e. The zero-order valence-electron chi connectivity index (χ0n) is 13.7. The quantitative estimate of drug-likeness (QED) is 0.646. The molecule has 2 N–H and O–H groups in total. The zero-order valence-corrected chi connectivity index (χ0v) is 13.7. The Balaban J connectivity index is 1.64. The van der Waals surface area contributed by atoms with E-state index < -0.39 is 12.2 Å². The van der Waals surface area contributed by atoms with E-state index in [1.807, 2.05) is 60.7 Å². The van der Waals surface area contributed by atoms with Crippen LogP contribution in [0.15, 0.2) is 60.7 Å². The van der Waals surface area contributed by atoms with E-state index in [0.717, 1.165) is 36.8 Å². The molecule has 2 unspecified atom stereocenters. The average molecular weight is 318 g/mol. The molecule has 0 fully saturated rings. The van der Waals surface area contributed by atoms with Gasteiger partial charge < -0.3 is 10.2 Å². The van der Waals surface area contributed by atoms with Crippen LogP contribution < -0.4 is 0 Å². The highest BCUT2D eigenvalue weighted by molar-refractivity contribution is 5.25. The van der Waals surface area contributed by atoms with E-state index in [2.05, 4.69) is 23.7 Å². The Bertz CT molecular complexity index is 649. The van der Waals surface area contributed by atoms with Gasteiger partial charge in [0.25, 0.3) is 0 Å². The molecular weight excluding hydrogens is 296 g/mol. The first kappa shape index (κ1) is 17.8. The summed E-state index contributed by atoms with van der Waals surface area (Å²) in [5, 5.41) is 19.8. The van der Waals surface area contributed by atoms with Gasteiger partial charge in [-0.15, -0.1) is 11.8 Å². The van der Waals surface area contributed by atoms with Crippen LogP contribution in [-0.2, 0) is 0 Å². The summed E-state index contributed by atoms with van der Waals surface area (Å²) in [6, 6.07) is 18.9. The lowest BCUT2D eigenvalue weighted by atomic mass is 10.1. The molecule has 0 saturated heterocycles. The molecular formula is C22H22O2. The van der Waals surface area contributed by atoms with Gasteiger partial charge in [0, 0.05) is 12.8 Å². The molecule has 0 aromatic heterocycles. The van der Waals surface area contributed by atoms with Gasteiger partial charge in [-0.05, 0) is 24.0 Å². The Morgan fingerprint density at radius 2 is 1.00 bits per heavy atom.